The Morgan fingerprint density at radius 1 is 1.28 bits per heavy atom. The Morgan fingerprint density at radius 2 is 2.00 bits per heavy atom. The Labute approximate surface area is 168 Å². The fourth-order valence-electron chi connectivity index (χ4n) is 3.94. The molecule has 1 saturated carbocycles. The largest absolute Gasteiger partial charge is 0.481 e. The number of halogens is 3. The number of hydrogen-bond acceptors (Lipinski definition) is 5. The summed E-state index contributed by atoms with van der Waals surface area (Å²) in [5.74, 6) is -4.24. The van der Waals surface area contributed by atoms with Crippen molar-refractivity contribution in [2.24, 2.45) is 5.92 Å². The van der Waals surface area contributed by atoms with Gasteiger partial charge in [-0.15, -0.1) is 0 Å². The lowest BCUT2D eigenvalue weighted by Gasteiger charge is -2.31. The Bertz CT molecular complexity index is 713. The number of alkyl halides is 2. The number of ether oxygens (including phenoxy) is 2. The van der Waals surface area contributed by atoms with Gasteiger partial charge in [-0.2, -0.15) is 4.98 Å². The molecule has 3 rings (SSSR count). The number of aromatic nitrogens is 1. The molecule has 1 aromatic rings. The summed E-state index contributed by atoms with van der Waals surface area (Å²) >= 11 is 0. The number of hydrogen-bond donors (Lipinski definition) is 2. The topological polar surface area (TPSA) is 72.5 Å². The predicted molar refractivity (Wildman–Crippen MR) is 101 cm³/mol. The van der Waals surface area contributed by atoms with E-state index in [-0.39, 0.29) is 36.4 Å². The van der Waals surface area contributed by atoms with Crippen molar-refractivity contribution in [2.45, 2.75) is 70.1 Å². The van der Waals surface area contributed by atoms with Gasteiger partial charge < -0.3 is 20.1 Å². The molecule has 2 heterocycles. The van der Waals surface area contributed by atoms with Crippen LogP contribution in [0.15, 0.2) is 6.07 Å². The third-order valence-electron chi connectivity index (χ3n) is 5.68. The van der Waals surface area contributed by atoms with Gasteiger partial charge in [-0.25, -0.2) is 13.2 Å². The van der Waals surface area contributed by atoms with Crippen LogP contribution in [0.5, 0.6) is 11.8 Å². The summed E-state index contributed by atoms with van der Waals surface area (Å²) in [6.45, 7) is 1.83. The average molecular weight is 415 g/mol. The molecule has 2 fully saturated rings. The fourth-order valence-corrected chi connectivity index (χ4v) is 3.94. The molecule has 0 bridgehead atoms. The predicted octanol–water partition coefficient (Wildman–Crippen LogP) is 3.19. The molecule has 6 nitrogen and oxygen atoms in total. The molecular weight excluding hydrogens is 387 g/mol. The van der Waals surface area contributed by atoms with Crippen molar-refractivity contribution in [1.82, 2.24) is 15.6 Å². The van der Waals surface area contributed by atoms with Gasteiger partial charge in [0.2, 0.25) is 17.7 Å². The quantitative estimate of drug-likeness (QED) is 0.716. The summed E-state index contributed by atoms with van der Waals surface area (Å²) in [6.07, 6.45) is 2.85. The van der Waals surface area contributed by atoms with Gasteiger partial charge in [0.05, 0.1) is 13.2 Å². The van der Waals surface area contributed by atoms with Crippen LogP contribution >= 0.6 is 0 Å². The number of nitrogens with zero attached hydrogens (tertiary/aromatic N) is 1. The number of amides is 1. The van der Waals surface area contributed by atoms with Gasteiger partial charge in [-0.3, -0.25) is 4.79 Å². The third-order valence-corrected chi connectivity index (χ3v) is 5.68. The maximum Gasteiger partial charge on any atom is 0.254 e. The molecule has 1 aliphatic heterocycles. The zero-order chi connectivity index (χ0) is 21.0. The Balaban J connectivity index is 1.60. The zero-order valence-electron chi connectivity index (χ0n) is 16.8. The number of pyridine rings is 1. The normalized spacial score (nSPS) is 24.9. The van der Waals surface area contributed by atoms with Gasteiger partial charge in [-0.05, 0) is 58.1 Å². The summed E-state index contributed by atoms with van der Waals surface area (Å²) in [6, 6.07) is 1.00. The molecular formula is C20H28F3N3O3. The van der Waals surface area contributed by atoms with Gasteiger partial charge >= 0.3 is 0 Å². The van der Waals surface area contributed by atoms with Crippen LogP contribution in [-0.4, -0.2) is 42.6 Å². The maximum atomic E-state index is 14.5. The van der Waals surface area contributed by atoms with Gasteiger partial charge in [0.15, 0.2) is 5.82 Å². The van der Waals surface area contributed by atoms with Gasteiger partial charge in [0.1, 0.15) is 6.10 Å². The molecule has 1 unspecified atom stereocenters. The van der Waals surface area contributed by atoms with E-state index in [1.807, 2.05) is 0 Å². The van der Waals surface area contributed by atoms with Crippen LogP contribution in [0.4, 0.5) is 13.2 Å². The SMILES string of the molecule is COc1nc(OC2CCC(C(C)(F)F)CC2)c(F)cc1CNC(=O)C1CCCN1. The lowest BCUT2D eigenvalue weighted by atomic mass is 9.84. The number of nitrogens with one attached hydrogen (secondary N) is 2. The van der Waals surface area contributed by atoms with Gasteiger partial charge in [0, 0.05) is 18.0 Å². The highest BCUT2D eigenvalue weighted by molar-refractivity contribution is 5.82. The number of carbonyl (C=O) groups is 1. The van der Waals surface area contributed by atoms with Crippen LogP contribution < -0.4 is 20.1 Å². The van der Waals surface area contributed by atoms with Crippen molar-refractivity contribution in [3.63, 3.8) is 0 Å². The fraction of sp³-hybridized carbons (Fsp3) is 0.700. The molecule has 1 aromatic heterocycles. The third kappa shape index (κ3) is 5.52. The van der Waals surface area contributed by atoms with E-state index in [0.29, 0.717) is 31.2 Å². The highest BCUT2D eigenvalue weighted by Gasteiger charge is 2.37. The molecule has 1 aliphatic carbocycles. The van der Waals surface area contributed by atoms with E-state index < -0.39 is 17.7 Å². The minimum Gasteiger partial charge on any atom is -0.481 e. The first-order chi connectivity index (χ1) is 13.8. The first-order valence-corrected chi connectivity index (χ1v) is 10.1. The first kappa shape index (κ1) is 21.7. The Kier molecular flexibility index (Phi) is 6.87. The molecule has 2 N–H and O–H groups in total. The van der Waals surface area contributed by atoms with E-state index in [1.165, 1.54) is 13.2 Å². The number of carbonyl (C=O) groups excluding carboxylic acids is 1. The molecule has 0 spiro atoms. The van der Waals surface area contributed by atoms with E-state index in [1.54, 1.807) is 0 Å². The molecule has 0 radical (unpaired) electrons. The first-order valence-electron chi connectivity index (χ1n) is 10.1. The minimum atomic E-state index is -2.71. The molecule has 1 saturated heterocycles. The standard InChI is InChI=1S/C20H28F3N3O3/c1-20(22,23)13-5-7-14(8-6-13)29-19-15(21)10-12(18(26-19)28-2)11-25-17(27)16-4-3-9-24-16/h10,13-14,16,24H,3-9,11H2,1-2H3,(H,25,27). The molecule has 9 heteroatoms. The summed E-state index contributed by atoms with van der Waals surface area (Å²) in [7, 11) is 1.41. The van der Waals surface area contributed by atoms with Crippen LogP contribution in [0.1, 0.15) is 51.0 Å². The summed E-state index contributed by atoms with van der Waals surface area (Å²) in [5, 5.41) is 5.86. The van der Waals surface area contributed by atoms with E-state index in [2.05, 4.69) is 15.6 Å². The lowest BCUT2D eigenvalue weighted by Crippen LogP contribution is -2.40. The second-order valence-corrected chi connectivity index (χ2v) is 7.86. The highest BCUT2D eigenvalue weighted by atomic mass is 19.3. The second kappa shape index (κ2) is 9.19. The molecule has 1 amide bonds. The average Bonchev–Trinajstić information content (AvgIpc) is 3.22. The molecule has 1 atom stereocenters. The van der Waals surface area contributed by atoms with Gasteiger partial charge in [-0.1, -0.05) is 0 Å². The van der Waals surface area contributed by atoms with Crippen molar-refractivity contribution in [3.05, 3.63) is 17.4 Å². The monoisotopic (exact) mass is 415 g/mol. The van der Waals surface area contributed by atoms with Gasteiger partial charge in [0.25, 0.3) is 5.88 Å². The van der Waals surface area contributed by atoms with Crippen molar-refractivity contribution in [1.29, 1.82) is 0 Å². The van der Waals surface area contributed by atoms with E-state index in [0.717, 1.165) is 26.3 Å². The molecule has 2 aliphatic rings. The van der Waals surface area contributed by atoms with Crippen LogP contribution in [0, 0.1) is 11.7 Å². The summed E-state index contributed by atoms with van der Waals surface area (Å²) in [4.78, 5) is 16.2. The maximum absolute atomic E-state index is 14.5. The Morgan fingerprint density at radius 3 is 2.59 bits per heavy atom. The number of rotatable bonds is 7. The molecule has 0 aromatic carbocycles. The highest BCUT2D eigenvalue weighted by Crippen LogP contribution is 2.37. The Hall–Kier alpha value is -2.03. The second-order valence-electron chi connectivity index (χ2n) is 7.86. The summed E-state index contributed by atoms with van der Waals surface area (Å²) in [5.41, 5.74) is 0.401. The van der Waals surface area contributed by atoms with Crippen LogP contribution in [0.2, 0.25) is 0 Å². The van der Waals surface area contributed by atoms with Crippen molar-refractivity contribution < 1.29 is 27.4 Å². The van der Waals surface area contributed by atoms with Crippen molar-refractivity contribution >= 4 is 5.91 Å². The van der Waals surface area contributed by atoms with Crippen LogP contribution in [-0.2, 0) is 11.3 Å². The van der Waals surface area contributed by atoms with Crippen molar-refractivity contribution in [3.8, 4) is 11.8 Å². The number of methoxy groups -OCH3 is 1. The van der Waals surface area contributed by atoms with E-state index in [9.17, 15) is 18.0 Å². The molecule has 29 heavy (non-hydrogen) atoms. The smallest absolute Gasteiger partial charge is 0.254 e. The van der Waals surface area contributed by atoms with Crippen LogP contribution in [0.3, 0.4) is 0 Å². The van der Waals surface area contributed by atoms with E-state index in [4.69, 9.17) is 9.47 Å². The van der Waals surface area contributed by atoms with Crippen LogP contribution in [0.25, 0.3) is 0 Å². The zero-order valence-corrected chi connectivity index (χ0v) is 16.8. The van der Waals surface area contributed by atoms with Crippen molar-refractivity contribution in [2.75, 3.05) is 13.7 Å². The summed E-state index contributed by atoms with van der Waals surface area (Å²) < 4.78 is 52.3. The van der Waals surface area contributed by atoms with E-state index >= 15 is 0 Å². The minimum absolute atomic E-state index is 0.0844. The molecule has 162 valence electrons. The lowest BCUT2D eigenvalue weighted by molar-refractivity contribution is -0.122.